The van der Waals surface area contributed by atoms with Crippen LogP contribution in [0.15, 0.2) is 24.3 Å². The summed E-state index contributed by atoms with van der Waals surface area (Å²) in [5.74, 6) is 1.84. The number of hydrogen-bond donors (Lipinski definition) is 1. The zero-order chi connectivity index (χ0) is 14.5. The van der Waals surface area contributed by atoms with Gasteiger partial charge in [-0.2, -0.15) is 0 Å². The molecule has 0 saturated heterocycles. The topological polar surface area (TPSA) is 37.8 Å². The molecule has 106 valence electrons. The van der Waals surface area contributed by atoms with E-state index in [1.54, 1.807) is 0 Å². The van der Waals surface area contributed by atoms with Crippen LogP contribution in [0.4, 0.5) is 5.82 Å². The van der Waals surface area contributed by atoms with Gasteiger partial charge in [0.15, 0.2) is 0 Å². The van der Waals surface area contributed by atoms with Crippen LogP contribution in [0.2, 0.25) is 0 Å². The molecule has 1 N–H and O–H groups in total. The van der Waals surface area contributed by atoms with Crippen molar-refractivity contribution in [2.24, 2.45) is 0 Å². The van der Waals surface area contributed by atoms with Crippen LogP contribution in [0.5, 0.6) is 0 Å². The number of rotatable bonds is 5. The van der Waals surface area contributed by atoms with Crippen LogP contribution in [0.1, 0.15) is 36.0 Å². The van der Waals surface area contributed by atoms with Gasteiger partial charge in [-0.05, 0) is 48.4 Å². The van der Waals surface area contributed by atoms with Gasteiger partial charge in [0.05, 0.1) is 9.26 Å². The van der Waals surface area contributed by atoms with Crippen LogP contribution in [0.25, 0.3) is 0 Å². The summed E-state index contributed by atoms with van der Waals surface area (Å²) < 4.78 is 1.11. The second kappa shape index (κ2) is 7.02. The van der Waals surface area contributed by atoms with Gasteiger partial charge in [-0.15, -0.1) is 0 Å². The Kier molecular flexibility index (Phi) is 5.34. The SMILES string of the molecule is CCCNc1nc(Cc2cccc(C)c2)nc(C)c1I. The van der Waals surface area contributed by atoms with E-state index in [-0.39, 0.29) is 0 Å². The second-order valence-electron chi connectivity index (χ2n) is 4.98. The number of halogens is 1. The van der Waals surface area contributed by atoms with Crippen molar-refractivity contribution in [2.45, 2.75) is 33.6 Å². The molecule has 0 spiro atoms. The standard InChI is InChI=1S/C16H20IN3/c1-4-8-18-16-15(17)12(3)19-14(20-16)10-13-7-5-6-11(2)9-13/h5-7,9H,4,8,10H2,1-3H3,(H,18,19,20). The Morgan fingerprint density at radius 3 is 2.70 bits per heavy atom. The quantitative estimate of drug-likeness (QED) is 0.793. The zero-order valence-corrected chi connectivity index (χ0v) is 14.4. The molecule has 20 heavy (non-hydrogen) atoms. The first-order chi connectivity index (χ1) is 9.60. The molecule has 0 aliphatic heterocycles. The Morgan fingerprint density at radius 2 is 2.00 bits per heavy atom. The van der Waals surface area contributed by atoms with Crippen LogP contribution >= 0.6 is 22.6 Å². The Bertz CT molecular complexity index is 596. The molecule has 0 fully saturated rings. The number of nitrogens with one attached hydrogen (secondary N) is 1. The fourth-order valence-electron chi connectivity index (χ4n) is 2.06. The first kappa shape index (κ1) is 15.2. The highest BCUT2D eigenvalue weighted by Crippen LogP contribution is 2.20. The molecule has 1 heterocycles. The molecule has 3 nitrogen and oxygen atoms in total. The lowest BCUT2D eigenvalue weighted by Crippen LogP contribution is -2.09. The first-order valence-corrected chi connectivity index (χ1v) is 8.00. The lowest BCUT2D eigenvalue weighted by atomic mass is 10.1. The molecule has 2 rings (SSSR count). The molecule has 0 saturated carbocycles. The number of hydrogen-bond acceptors (Lipinski definition) is 3. The van der Waals surface area contributed by atoms with Crippen LogP contribution in [-0.2, 0) is 6.42 Å². The molecule has 0 aliphatic carbocycles. The van der Waals surface area contributed by atoms with Gasteiger partial charge in [0, 0.05) is 13.0 Å². The van der Waals surface area contributed by atoms with E-state index >= 15 is 0 Å². The summed E-state index contributed by atoms with van der Waals surface area (Å²) in [6.07, 6.45) is 1.87. The molecule has 0 atom stereocenters. The largest absolute Gasteiger partial charge is 0.369 e. The minimum Gasteiger partial charge on any atom is -0.369 e. The molecule has 1 aromatic carbocycles. The molecule has 0 amide bonds. The lowest BCUT2D eigenvalue weighted by molar-refractivity contribution is 0.909. The number of aromatic nitrogens is 2. The van der Waals surface area contributed by atoms with Crippen molar-refractivity contribution in [2.75, 3.05) is 11.9 Å². The van der Waals surface area contributed by atoms with E-state index in [0.717, 1.165) is 40.3 Å². The highest BCUT2D eigenvalue weighted by molar-refractivity contribution is 14.1. The minimum absolute atomic E-state index is 0.778. The Morgan fingerprint density at radius 1 is 1.20 bits per heavy atom. The maximum atomic E-state index is 4.67. The van der Waals surface area contributed by atoms with Crippen molar-refractivity contribution in [1.82, 2.24) is 9.97 Å². The van der Waals surface area contributed by atoms with Gasteiger partial charge < -0.3 is 5.32 Å². The maximum absolute atomic E-state index is 4.67. The number of benzene rings is 1. The van der Waals surface area contributed by atoms with E-state index in [1.807, 2.05) is 6.92 Å². The summed E-state index contributed by atoms with van der Waals surface area (Å²) in [5, 5.41) is 3.38. The van der Waals surface area contributed by atoms with E-state index in [9.17, 15) is 0 Å². The second-order valence-corrected chi connectivity index (χ2v) is 6.06. The van der Waals surface area contributed by atoms with Gasteiger partial charge in [-0.1, -0.05) is 36.8 Å². The predicted octanol–water partition coefficient (Wildman–Crippen LogP) is 4.11. The van der Waals surface area contributed by atoms with Crippen molar-refractivity contribution < 1.29 is 0 Å². The summed E-state index contributed by atoms with van der Waals surface area (Å²) >= 11 is 2.31. The fourth-order valence-corrected chi connectivity index (χ4v) is 2.49. The average Bonchev–Trinajstić information content (AvgIpc) is 2.41. The molecule has 1 aromatic heterocycles. The summed E-state index contributed by atoms with van der Waals surface area (Å²) in [4.78, 5) is 9.27. The number of nitrogens with zero attached hydrogens (tertiary/aromatic N) is 2. The molecule has 0 unspecified atom stereocenters. The summed E-state index contributed by atoms with van der Waals surface area (Å²) in [6.45, 7) is 7.25. The van der Waals surface area contributed by atoms with Gasteiger partial charge in [0.25, 0.3) is 0 Å². The fraction of sp³-hybridized carbons (Fsp3) is 0.375. The third-order valence-electron chi connectivity index (χ3n) is 3.05. The molecular formula is C16H20IN3. The summed E-state index contributed by atoms with van der Waals surface area (Å²) in [5.41, 5.74) is 3.57. The van der Waals surface area contributed by atoms with Crippen LogP contribution in [0, 0.1) is 17.4 Å². The Hall–Kier alpha value is -1.17. The molecule has 0 bridgehead atoms. The predicted molar refractivity (Wildman–Crippen MR) is 92.3 cm³/mol. The first-order valence-electron chi connectivity index (χ1n) is 6.92. The third-order valence-corrected chi connectivity index (χ3v) is 4.34. The van der Waals surface area contributed by atoms with Crippen molar-refractivity contribution in [3.05, 3.63) is 50.5 Å². The van der Waals surface area contributed by atoms with Crippen molar-refractivity contribution in [1.29, 1.82) is 0 Å². The van der Waals surface area contributed by atoms with Crippen LogP contribution < -0.4 is 5.32 Å². The third kappa shape index (κ3) is 3.91. The Balaban J connectivity index is 2.25. The van der Waals surface area contributed by atoms with Crippen LogP contribution in [-0.4, -0.2) is 16.5 Å². The van der Waals surface area contributed by atoms with E-state index < -0.39 is 0 Å². The molecule has 2 aromatic rings. The lowest BCUT2D eigenvalue weighted by Gasteiger charge is -2.11. The highest BCUT2D eigenvalue weighted by Gasteiger charge is 2.09. The monoisotopic (exact) mass is 381 g/mol. The van der Waals surface area contributed by atoms with Crippen molar-refractivity contribution >= 4 is 28.4 Å². The smallest absolute Gasteiger partial charge is 0.143 e. The molecule has 0 radical (unpaired) electrons. The summed E-state index contributed by atoms with van der Waals surface area (Å²) in [7, 11) is 0. The van der Waals surface area contributed by atoms with Gasteiger partial charge in [-0.3, -0.25) is 0 Å². The van der Waals surface area contributed by atoms with Crippen molar-refractivity contribution in [3.63, 3.8) is 0 Å². The highest BCUT2D eigenvalue weighted by atomic mass is 127. The van der Waals surface area contributed by atoms with E-state index in [2.05, 4.69) is 76.0 Å². The minimum atomic E-state index is 0.778. The molecule has 0 aliphatic rings. The molecular weight excluding hydrogens is 361 g/mol. The van der Waals surface area contributed by atoms with E-state index in [0.29, 0.717) is 0 Å². The van der Waals surface area contributed by atoms with Crippen molar-refractivity contribution in [3.8, 4) is 0 Å². The van der Waals surface area contributed by atoms with Gasteiger partial charge in [0.2, 0.25) is 0 Å². The van der Waals surface area contributed by atoms with E-state index in [1.165, 1.54) is 11.1 Å². The average molecular weight is 381 g/mol. The normalized spacial score (nSPS) is 10.6. The van der Waals surface area contributed by atoms with Gasteiger partial charge in [-0.25, -0.2) is 9.97 Å². The molecule has 4 heteroatoms. The maximum Gasteiger partial charge on any atom is 0.143 e. The number of anilines is 1. The van der Waals surface area contributed by atoms with Crippen LogP contribution in [0.3, 0.4) is 0 Å². The zero-order valence-electron chi connectivity index (χ0n) is 12.2. The summed E-state index contributed by atoms with van der Waals surface area (Å²) in [6, 6.07) is 8.51. The number of aryl methyl sites for hydroxylation is 2. The Labute approximate surface area is 134 Å². The van der Waals surface area contributed by atoms with Gasteiger partial charge in [0.1, 0.15) is 11.6 Å². The van der Waals surface area contributed by atoms with Gasteiger partial charge >= 0.3 is 0 Å². The van der Waals surface area contributed by atoms with E-state index in [4.69, 9.17) is 0 Å².